The number of carboxylic acids is 1. The van der Waals surface area contributed by atoms with Crippen LogP contribution in [0.5, 0.6) is 0 Å². The molecule has 2 rings (SSSR count). The molecule has 0 spiro atoms. The fourth-order valence-electron chi connectivity index (χ4n) is 1.58. The summed E-state index contributed by atoms with van der Waals surface area (Å²) in [5, 5.41) is 10.5. The van der Waals surface area contributed by atoms with Crippen LogP contribution in [0.25, 0.3) is 10.8 Å². The highest BCUT2D eigenvalue weighted by molar-refractivity contribution is 5.98. The molecule has 1 heterocycles. The van der Waals surface area contributed by atoms with Crippen molar-refractivity contribution in [3.63, 3.8) is 0 Å². The highest BCUT2D eigenvalue weighted by Gasteiger charge is 2.09. The zero-order chi connectivity index (χ0) is 11.0. The molecule has 0 aliphatic heterocycles. The number of anilines is 1. The van der Waals surface area contributed by atoms with Crippen molar-refractivity contribution in [2.24, 2.45) is 0 Å². The van der Waals surface area contributed by atoms with E-state index in [-0.39, 0.29) is 5.69 Å². The van der Waals surface area contributed by atoms with Gasteiger partial charge in [0, 0.05) is 22.2 Å². The summed E-state index contributed by atoms with van der Waals surface area (Å²) in [4.78, 5) is 14.8. The Morgan fingerprint density at radius 2 is 2.13 bits per heavy atom. The van der Waals surface area contributed by atoms with Crippen LogP contribution in [0.2, 0.25) is 0 Å². The third kappa shape index (κ3) is 1.50. The zero-order valence-electron chi connectivity index (χ0n) is 8.19. The van der Waals surface area contributed by atoms with Crippen molar-refractivity contribution < 1.29 is 9.90 Å². The normalized spacial score (nSPS) is 10.5. The maximum absolute atomic E-state index is 10.8. The predicted octanol–water partition coefficient (Wildman–Crippen LogP) is 1.82. The number of aromatic nitrogens is 1. The van der Waals surface area contributed by atoms with Crippen LogP contribution >= 0.6 is 0 Å². The van der Waals surface area contributed by atoms with Crippen molar-refractivity contribution in [3.8, 4) is 0 Å². The molecule has 0 saturated carbocycles. The van der Waals surface area contributed by atoms with Crippen LogP contribution in [0, 0.1) is 6.92 Å². The standard InChI is InChI=1S/C11H10N2O2/c1-6-7-3-2-4-9(12)8(7)5-10(13-6)11(14)15/h2-5H,12H2,1H3,(H,14,15). The molecule has 0 fully saturated rings. The number of nitrogen functional groups attached to an aromatic ring is 1. The summed E-state index contributed by atoms with van der Waals surface area (Å²) in [6, 6.07) is 6.94. The number of hydrogen-bond donors (Lipinski definition) is 2. The number of fused-ring (bicyclic) bond motifs is 1. The van der Waals surface area contributed by atoms with Crippen LogP contribution in [0.15, 0.2) is 24.3 Å². The Morgan fingerprint density at radius 1 is 1.40 bits per heavy atom. The molecule has 76 valence electrons. The Kier molecular flexibility index (Phi) is 2.04. The van der Waals surface area contributed by atoms with Crippen LogP contribution in [0.3, 0.4) is 0 Å². The first-order valence-electron chi connectivity index (χ1n) is 4.48. The molecule has 2 aromatic rings. The number of nitrogens with two attached hydrogens (primary N) is 1. The first-order valence-corrected chi connectivity index (χ1v) is 4.48. The quantitative estimate of drug-likeness (QED) is 0.691. The summed E-state index contributed by atoms with van der Waals surface area (Å²) in [6.45, 7) is 1.77. The molecule has 0 bridgehead atoms. The first-order chi connectivity index (χ1) is 7.09. The van der Waals surface area contributed by atoms with Gasteiger partial charge in [-0.1, -0.05) is 12.1 Å². The van der Waals surface area contributed by atoms with Gasteiger partial charge in [0.1, 0.15) is 5.69 Å². The number of pyridine rings is 1. The van der Waals surface area contributed by atoms with Gasteiger partial charge in [0.25, 0.3) is 0 Å². The summed E-state index contributed by atoms with van der Waals surface area (Å²) in [5.74, 6) is -1.04. The molecule has 0 unspecified atom stereocenters. The van der Waals surface area contributed by atoms with Crippen molar-refractivity contribution >= 4 is 22.4 Å². The average Bonchev–Trinajstić information content (AvgIpc) is 2.19. The van der Waals surface area contributed by atoms with E-state index in [1.54, 1.807) is 13.0 Å². The van der Waals surface area contributed by atoms with E-state index in [9.17, 15) is 4.79 Å². The number of carboxylic acid groups (broad SMARTS) is 1. The van der Waals surface area contributed by atoms with Crippen LogP contribution in [-0.4, -0.2) is 16.1 Å². The van der Waals surface area contributed by atoms with Gasteiger partial charge in [0.05, 0.1) is 0 Å². The molecule has 0 radical (unpaired) electrons. The van der Waals surface area contributed by atoms with E-state index in [0.717, 1.165) is 10.8 Å². The summed E-state index contributed by atoms with van der Waals surface area (Å²) in [6.07, 6.45) is 0. The Hall–Kier alpha value is -2.10. The van der Waals surface area contributed by atoms with Crippen LogP contribution < -0.4 is 5.73 Å². The molecule has 4 heteroatoms. The smallest absolute Gasteiger partial charge is 0.354 e. The molecule has 0 saturated heterocycles. The van der Waals surface area contributed by atoms with Gasteiger partial charge in [0.15, 0.2) is 0 Å². The number of hydrogen-bond acceptors (Lipinski definition) is 3. The van der Waals surface area contributed by atoms with E-state index in [1.807, 2.05) is 12.1 Å². The highest BCUT2D eigenvalue weighted by Crippen LogP contribution is 2.23. The van der Waals surface area contributed by atoms with Crippen molar-refractivity contribution in [2.75, 3.05) is 5.73 Å². The fourth-order valence-corrected chi connectivity index (χ4v) is 1.58. The molecule has 1 aromatic heterocycles. The van der Waals surface area contributed by atoms with Crippen LogP contribution in [-0.2, 0) is 0 Å². The number of carbonyl (C=O) groups is 1. The van der Waals surface area contributed by atoms with Gasteiger partial charge in [-0.2, -0.15) is 0 Å². The molecule has 4 nitrogen and oxygen atoms in total. The third-order valence-corrected chi connectivity index (χ3v) is 2.32. The van der Waals surface area contributed by atoms with Crippen molar-refractivity contribution in [1.82, 2.24) is 4.98 Å². The SMILES string of the molecule is Cc1nc(C(=O)O)cc2c(N)cccc12. The van der Waals surface area contributed by atoms with E-state index < -0.39 is 5.97 Å². The molecule has 0 aliphatic carbocycles. The summed E-state index contributed by atoms with van der Waals surface area (Å²) < 4.78 is 0. The molecular weight excluding hydrogens is 192 g/mol. The van der Waals surface area contributed by atoms with Gasteiger partial charge in [-0.05, 0) is 19.1 Å². The minimum Gasteiger partial charge on any atom is -0.477 e. The minimum absolute atomic E-state index is 0.0258. The molecule has 3 N–H and O–H groups in total. The van der Waals surface area contributed by atoms with Gasteiger partial charge in [-0.25, -0.2) is 9.78 Å². The van der Waals surface area contributed by atoms with Crippen molar-refractivity contribution in [2.45, 2.75) is 6.92 Å². The van der Waals surface area contributed by atoms with E-state index in [0.29, 0.717) is 11.4 Å². The Bertz CT molecular complexity index is 550. The predicted molar refractivity (Wildman–Crippen MR) is 57.9 cm³/mol. The second kappa shape index (κ2) is 3.24. The van der Waals surface area contributed by atoms with Gasteiger partial charge >= 0.3 is 5.97 Å². The number of aryl methyl sites for hydroxylation is 1. The largest absolute Gasteiger partial charge is 0.477 e. The van der Waals surface area contributed by atoms with E-state index >= 15 is 0 Å². The number of aromatic carboxylic acids is 1. The maximum atomic E-state index is 10.8. The zero-order valence-corrected chi connectivity index (χ0v) is 8.19. The number of nitrogens with zero attached hydrogens (tertiary/aromatic N) is 1. The third-order valence-electron chi connectivity index (χ3n) is 2.32. The number of rotatable bonds is 1. The molecule has 0 amide bonds. The van der Waals surface area contributed by atoms with Gasteiger partial charge in [-0.15, -0.1) is 0 Å². The Morgan fingerprint density at radius 3 is 2.80 bits per heavy atom. The molecule has 15 heavy (non-hydrogen) atoms. The van der Waals surface area contributed by atoms with Gasteiger partial charge in [0.2, 0.25) is 0 Å². The summed E-state index contributed by atoms with van der Waals surface area (Å²) in [5.41, 5.74) is 7.05. The summed E-state index contributed by atoms with van der Waals surface area (Å²) >= 11 is 0. The highest BCUT2D eigenvalue weighted by atomic mass is 16.4. The van der Waals surface area contributed by atoms with Crippen molar-refractivity contribution in [3.05, 3.63) is 35.7 Å². The van der Waals surface area contributed by atoms with Crippen LogP contribution in [0.1, 0.15) is 16.2 Å². The monoisotopic (exact) mass is 202 g/mol. The van der Waals surface area contributed by atoms with E-state index in [2.05, 4.69) is 4.98 Å². The minimum atomic E-state index is -1.04. The lowest BCUT2D eigenvalue weighted by Crippen LogP contribution is -2.02. The van der Waals surface area contributed by atoms with E-state index in [4.69, 9.17) is 10.8 Å². The lowest BCUT2D eigenvalue weighted by molar-refractivity contribution is 0.0690. The second-order valence-electron chi connectivity index (χ2n) is 3.34. The van der Waals surface area contributed by atoms with E-state index in [1.165, 1.54) is 6.07 Å². The second-order valence-corrected chi connectivity index (χ2v) is 3.34. The molecule has 0 aliphatic rings. The fraction of sp³-hybridized carbons (Fsp3) is 0.0909. The molecule has 1 aromatic carbocycles. The van der Waals surface area contributed by atoms with Crippen LogP contribution in [0.4, 0.5) is 5.69 Å². The lowest BCUT2D eigenvalue weighted by Gasteiger charge is -2.05. The Balaban J connectivity index is 2.85. The van der Waals surface area contributed by atoms with Gasteiger partial charge in [-0.3, -0.25) is 0 Å². The van der Waals surface area contributed by atoms with Gasteiger partial charge < -0.3 is 10.8 Å². The average molecular weight is 202 g/mol. The lowest BCUT2D eigenvalue weighted by atomic mass is 10.1. The Labute approximate surface area is 86.4 Å². The first kappa shape index (κ1) is 9.45. The maximum Gasteiger partial charge on any atom is 0.354 e. The summed E-state index contributed by atoms with van der Waals surface area (Å²) in [7, 11) is 0. The topological polar surface area (TPSA) is 76.2 Å². The van der Waals surface area contributed by atoms with Crippen molar-refractivity contribution in [1.29, 1.82) is 0 Å². The molecular formula is C11H10N2O2. The molecule has 0 atom stereocenters. The number of benzene rings is 1.